The number of fused-ring (bicyclic) bond motifs is 2. The van der Waals surface area contributed by atoms with E-state index >= 15 is 0 Å². The molecule has 6 heteroatoms. The van der Waals surface area contributed by atoms with Gasteiger partial charge in [0.2, 0.25) is 0 Å². The first kappa shape index (κ1) is 19.1. The molecule has 150 valence electrons. The normalized spacial score (nSPS) is 12.6. The zero-order valence-corrected chi connectivity index (χ0v) is 17.0. The van der Waals surface area contributed by atoms with E-state index in [1.54, 1.807) is 0 Å². The smallest absolute Gasteiger partial charge is 0.315 e. The number of benzene rings is 2. The molecule has 2 heterocycles. The second-order valence-electron chi connectivity index (χ2n) is 7.87. The number of urea groups is 1. The molecule has 29 heavy (non-hydrogen) atoms. The van der Waals surface area contributed by atoms with Crippen LogP contribution in [0.2, 0.25) is 0 Å². The van der Waals surface area contributed by atoms with Crippen molar-refractivity contribution >= 4 is 28.0 Å². The van der Waals surface area contributed by atoms with Crippen LogP contribution in [0.3, 0.4) is 0 Å². The lowest BCUT2D eigenvalue weighted by molar-refractivity contribution is 0.232. The molecule has 0 aliphatic rings. The van der Waals surface area contributed by atoms with Crippen LogP contribution in [0.15, 0.2) is 48.7 Å². The van der Waals surface area contributed by atoms with Gasteiger partial charge >= 0.3 is 6.03 Å². The molecule has 0 spiro atoms. The van der Waals surface area contributed by atoms with Crippen molar-refractivity contribution in [1.29, 1.82) is 0 Å². The minimum absolute atomic E-state index is 0.181. The van der Waals surface area contributed by atoms with Gasteiger partial charge in [-0.1, -0.05) is 38.1 Å². The van der Waals surface area contributed by atoms with E-state index in [1.165, 1.54) is 16.5 Å². The van der Waals surface area contributed by atoms with Gasteiger partial charge in [-0.2, -0.15) is 0 Å². The lowest BCUT2D eigenvalue weighted by atomic mass is 10.0. The average molecular weight is 390 g/mol. The fourth-order valence-corrected chi connectivity index (χ4v) is 3.68. The van der Waals surface area contributed by atoms with Gasteiger partial charge in [-0.3, -0.25) is 0 Å². The molecule has 2 amide bonds. The highest BCUT2D eigenvalue weighted by Crippen LogP contribution is 2.22. The number of aromatic nitrogens is 3. The van der Waals surface area contributed by atoms with E-state index in [0.29, 0.717) is 6.54 Å². The summed E-state index contributed by atoms with van der Waals surface area (Å²) < 4.78 is 0. The fraction of sp³-hybridized carbons (Fsp3) is 0.304. The van der Waals surface area contributed by atoms with Gasteiger partial charge in [0.1, 0.15) is 5.82 Å². The molecule has 4 N–H and O–H groups in total. The van der Waals surface area contributed by atoms with Crippen molar-refractivity contribution in [2.24, 2.45) is 5.92 Å². The van der Waals surface area contributed by atoms with Crippen molar-refractivity contribution in [1.82, 2.24) is 25.6 Å². The van der Waals surface area contributed by atoms with E-state index in [1.807, 2.05) is 30.5 Å². The Labute approximate surface area is 170 Å². The third-order valence-corrected chi connectivity index (χ3v) is 5.26. The maximum absolute atomic E-state index is 12.5. The number of aromatic amines is 2. The molecule has 0 saturated carbocycles. The largest absolute Gasteiger partial charge is 0.361 e. The summed E-state index contributed by atoms with van der Waals surface area (Å²) in [7, 11) is 0. The Bertz CT molecular complexity index is 1110. The summed E-state index contributed by atoms with van der Waals surface area (Å²) in [5.41, 5.74) is 5.45. The quantitative estimate of drug-likeness (QED) is 0.389. The Balaban J connectivity index is 1.38. The number of imidazole rings is 1. The molecule has 4 rings (SSSR count). The zero-order chi connectivity index (χ0) is 20.4. The highest BCUT2D eigenvalue weighted by Gasteiger charge is 2.21. The number of nitrogens with zero attached hydrogens (tertiary/aromatic N) is 1. The van der Waals surface area contributed by atoms with Gasteiger partial charge < -0.3 is 20.6 Å². The van der Waals surface area contributed by atoms with Gasteiger partial charge in [0.25, 0.3) is 0 Å². The lowest BCUT2D eigenvalue weighted by Crippen LogP contribution is -2.40. The average Bonchev–Trinajstić information content (AvgIpc) is 3.29. The Morgan fingerprint density at radius 3 is 2.76 bits per heavy atom. The van der Waals surface area contributed by atoms with Crippen molar-refractivity contribution in [3.63, 3.8) is 0 Å². The first-order valence-corrected chi connectivity index (χ1v) is 10.1. The van der Waals surface area contributed by atoms with Crippen LogP contribution < -0.4 is 10.6 Å². The van der Waals surface area contributed by atoms with Crippen LogP contribution in [0.25, 0.3) is 21.9 Å². The fourth-order valence-electron chi connectivity index (χ4n) is 3.68. The number of H-pyrrole nitrogens is 2. The molecule has 0 aliphatic heterocycles. The highest BCUT2D eigenvalue weighted by atomic mass is 16.2. The van der Waals surface area contributed by atoms with Gasteiger partial charge in [0.15, 0.2) is 0 Å². The van der Waals surface area contributed by atoms with Crippen LogP contribution in [0, 0.1) is 12.8 Å². The molecule has 1 atom stereocenters. The molecule has 0 bridgehead atoms. The van der Waals surface area contributed by atoms with Crippen molar-refractivity contribution in [2.45, 2.75) is 33.2 Å². The van der Waals surface area contributed by atoms with Gasteiger partial charge in [-0.15, -0.1) is 0 Å². The van der Waals surface area contributed by atoms with Crippen LogP contribution in [0.4, 0.5) is 4.79 Å². The van der Waals surface area contributed by atoms with E-state index in [9.17, 15) is 4.79 Å². The molecule has 0 saturated heterocycles. The minimum atomic E-state index is -0.182. The molecule has 0 radical (unpaired) electrons. The molecule has 2 aromatic carbocycles. The summed E-state index contributed by atoms with van der Waals surface area (Å²) in [5, 5.41) is 7.26. The number of amides is 2. The maximum Gasteiger partial charge on any atom is 0.315 e. The minimum Gasteiger partial charge on any atom is -0.361 e. The molecule has 0 fully saturated rings. The third-order valence-electron chi connectivity index (χ3n) is 5.26. The molecule has 6 nitrogen and oxygen atoms in total. The summed E-state index contributed by atoms with van der Waals surface area (Å²) >= 11 is 0. The summed E-state index contributed by atoms with van der Waals surface area (Å²) in [6.45, 7) is 6.80. The van der Waals surface area contributed by atoms with Gasteiger partial charge in [0, 0.05) is 23.6 Å². The van der Waals surface area contributed by atoms with E-state index < -0.39 is 0 Å². The number of hydrogen-bond acceptors (Lipinski definition) is 2. The summed E-state index contributed by atoms with van der Waals surface area (Å²) in [5.74, 6) is 0.988. The van der Waals surface area contributed by atoms with Crippen LogP contribution >= 0.6 is 0 Å². The van der Waals surface area contributed by atoms with Crippen LogP contribution in [0.1, 0.15) is 36.8 Å². The van der Waals surface area contributed by atoms with Crippen LogP contribution in [0.5, 0.6) is 0 Å². The van der Waals surface area contributed by atoms with Crippen molar-refractivity contribution in [3.05, 3.63) is 65.6 Å². The standard InChI is InChI=1S/C23H27N5O/c1-14(2)21(22-26-18-6-4-5-7-19(18)27-22)28-23(29)24-11-10-16-13-25-20-12-15(3)8-9-17(16)20/h4-9,12-14,21,25H,10-11H2,1-3H3,(H,26,27)(H2,24,28,29). The Morgan fingerprint density at radius 2 is 1.97 bits per heavy atom. The maximum atomic E-state index is 12.5. The predicted molar refractivity (Wildman–Crippen MR) is 117 cm³/mol. The first-order chi connectivity index (χ1) is 14.0. The number of carbonyl (C=O) groups is 1. The number of para-hydroxylation sites is 2. The lowest BCUT2D eigenvalue weighted by Gasteiger charge is -2.20. The molecule has 1 unspecified atom stereocenters. The third kappa shape index (κ3) is 4.11. The summed E-state index contributed by atoms with van der Waals surface area (Å²) in [6, 6.07) is 13.9. The van der Waals surface area contributed by atoms with Crippen molar-refractivity contribution < 1.29 is 4.79 Å². The SMILES string of the molecule is Cc1ccc2c(CCNC(=O)NC(c3nc4ccccc4[nH]3)C(C)C)c[nH]c2c1. The number of carbonyl (C=O) groups excluding carboxylic acids is 1. The monoisotopic (exact) mass is 389 g/mol. The first-order valence-electron chi connectivity index (χ1n) is 10.1. The van der Waals surface area contributed by atoms with Crippen molar-refractivity contribution in [2.75, 3.05) is 6.54 Å². The van der Waals surface area contributed by atoms with E-state index in [2.05, 4.69) is 64.6 Å². The molecular weight excluding hydrogens is 362 g/mol. The molecule has 0 aliphatic carbocycles. The Kier molecular flexibility index (Phi) is 5.25. The topological polar surface area (TPSA) is 85.6 Å². The van der Waals surface area contributed by atoms with Crippen LogP contribution in [-0.2, 0) is 6.42 Å². The Morgan fingerprint density at radius 1 is 1.14 bits per heavy atom. The second kappa shape index (κ2) is 7.99. The van der Waals surface area contributed by atoms with Crippen molar-refractivity contribution in [3.8, 4) is 0 Å². The van der Waals surface area contributed by atoms with E-state index in [0.717, 1.165) is 28.8 Å². The Hall–Kier alpha value is -3.28. The van der Waals surface area contributed by atoms with Gasteiger partial charge in [-0.05, 0) is 48.6 Å². The van der Waals surface area contributed by atoms with E-state index in [-0.39, 0.29) is 18.0 Å². The molecule has 2 aromatic heterocycles. The number of hydrogen-bond donors (Lipinski definition) is 4. The number of rotatable bonds is 6. The predicted octanol–water partition coefficient (Wildman–Crippen LogP) is 4.59. The summed E-state index contributed by atoms with van der Waals surface area (Å²) in [4.78, 5) is 23.8. The molecular formula is C23H27N5O. The van der Waals surface area contributed by atoms with Crippen LogP contribution in [-0.4, -0.2) is 27.5 Å². The van der Waals surface area contributed by atoms with Gasteiger partial charge in [-0.25, -0.2) is 9.78 Å². The van der Waals surface area contributed by atoms with E-state index in [4.69, 9.17) is 0 Å². The second-order valence-corrected chi connectivity index (χ2v) is 7.87. The highest BCUT2D eigenvalue weighted by molar-refractivity contribution is 5.84. The zero-order valence-electron chi connectivity index (χ0n) is 17.0. The number of aryl methyl sites for hydroxylation is 1. The number of nitrogens with one attached hydrogen (secondary N) is 4. The molecule has 4 aromatic rings. The summed E-state index contributed by atoms with van der Waals surface area (Å²) in [6.07, 6.45) is 2.79. The van der Waals surface area contributed by atoms with Gasteiger partial charge in [0.05, 0.1) is 17.1 Å².